The second-order valence-electron chi connectivity index (χ2n) is 5.14. The molecule has 1 aromatic heterocycles. The molecular formula is C16H22FIN4O. The van der Waals surface area contributed by atoms with Gasteiger partial charge >= 0.3 is 0 Å². The van der Waals surface area contributed by atoms with Crippen LogP contribution in [0.1, 0.15) is 22.9 Å². The first-order valence-corrected chi connectivity index (χ1v) is 7.08. The predicted octanol–water partition coefficient (Wildman–Crippen LogP) is 3.26. The molecule has 0 spiro atoms. The van der Waals surface area contributed by atoms with Crippen molar-refractivity contribution < 1.29 is 8.81 Å². The van der Waals surface area contributed by atoms with Crippen LogP contribution in [0.25, 0.3) is 0 Å². The van der Waals surface area contributed by atoms with Gasteiger partial charge in [0.15, 0.2) is 5.96 Å². The van der Waals surface area contributed by atoms with E-state index in [1.165, 1.54) is 12.1 Å². The molecule has 0 aliphatic carbocycles. The van der Waals surface area contributed by atoms with E-state index in [4.69, 9.17) is 4.42 Å². The van der Waals surface area contributed by atoms with Gasteiger partial charge in [-0.1, -0.05) is 12.1 Å². The Labute approximate surface area is 153 Å². The molecule has 1 N–H and O–H groups in total. The minimum absolute atomic E-state index is 0. The lowest BCUT2D eigenvalue weighted by Crippen LogP contribution is -2.38. The van der Waals surface area contributed by atoms with E-state index in [0.29, 0.717) is 24.9 Å². The summed E-state index contributed by atoms with van der Waals surface area (Å²) in [6.07, 6.45) is 0. The van der Waals surface area contributed by atoms with Gasteiger partial charge in [0.05, 0.1) is 12.2 Å². The van der Waals surface area contributed by atoms with Crippen LogP contribution in [-0.4, -0.2) is 29.9 Å². The van der Waals surface area contributed by atoms with E-state index in [-0.39, 0.29) is 29.8 Å². The number of oxazole rings is 1. The maximum absolute atomic E-state index is 13.2. The quantitative estimate of drug-likeness (QED) is 0.458. The Balaban J connectivity index is 0.00000264. The van der Waals surface area contributed by atoms with Crippen molar-refractivity contribution in [2.24, 2.45) is 4.99 Å². The number of nitrogens with one attached hydrogen (secondary N) is 1. The van der Waals surface area contributed by atoms with Crippen LogP contribution in [-0.2, 0) is 13.1 Å². The van der Waals surface area contributed by atoms with Gasteiger partial charge in [-0.15, -0.1) is 24.0 Å². The average Bonchev–Trinajstić information content (AvgIpc) is 2.78. The highest BCUT2D eigenvalue weighted by atomic mass is 127. The summed E-state index contributed by atoms with van der Waals surface area (Å²) in [4.78, 5) is 10.5. The van der Waals surface area contributed by atoms with Crippen molar-refractivity contribution in [3.8, 4) is 0 Å². The van der Waals surface area contributed by atoms with Crippen LogP contribution in [0.4, 0.5) is 4.39 Å². The predicted molar refractivity (Wildman–Crippen MR) is 99.5 cm³/mol. The zero-order chi connectivity index (χ0) is 16.1. The number of halogens is 2. The summed E-state index contributed by atoms with van der Waals surface area (Å²) in [7, 11) is 3.60. The Bertz CT molecular complexity index is 652. The number of aryl methyl sites for hydroxylation is 2. The summed E-state index contributed by atoms with van der Waals surface area (Å²) in [6, 6.07) is 6.54. The highest BCUT2D eigenvalue weighted by Gasteiger charge is 2.10. The van der Waals surface area contributed by atoms with Crippen molar-refractivity contribution in [1.82, 2.24) is 15.2 Å². The van der Waals surface area contributed by atoms with Gasteiger partial charge in [0, 0.05) is 20.6 Å². The van der Waals surface area contributed by atoms with Crippen LogP contribution in [0.5, 0.6) is 0 Å². The van der Waals surface area contributed by atoms with Gasteiger partial charge in [0.2, 0.25) is 5.89 Å². The largest absolute Gasteiger partial charge is 0.444 e. The first kappa shape index (κ1) is 19.4. The molecule has 1 aromatic carbocycles. The summed E-state index contributed by atoms with van der Waals surface area (Å²) in [5.74, 6) is 1.90. The normalized spacial score (nSPS) is 11.1. The Morgan fingerprint density at radius 3 is 2.70 bits per heavy atom. The maximum atomic E-state index is 13.2. The molecule has 0 fully saturated rings. The van der Waals surface area contributed by atoms with Gasteiger partial charge in [-0.25, -0.2) is 9.37 Å². The third kappa shape index (κ3) is 5.49. The van der Waals surface area contributed by atoms with Crippen molar-refractivity contribution in [3.05, 3.63) is 53.0 Å². The molecule has 0 bridgehead atoms. The van der Waals surface area contributed by atoms with Crippen LogP contribution in [0.2, 0.25) is 0 Å². The highest BCUT2D eigenvalue weighted by Crippen LogP contribution is 2.09. The van der Waals surface area contributed by atoms with E-state index in [9.17, 15) is 4.39 Å². The molecule has 126 valence electrons. The van der Waals surface area contributed by atoms with E-state index in [1.54, 1.807) is 13.1 Å². The van der Waals surface area contributed by atoms with Crippen molar-refractivity contribution in [2.75, 3.05) is 14.1 Å². The molecule has 0 saturated carbocycles. The van der Waals surface area contributed by atoms with Crippen molar-refractivity contribution in [3.63, 3.8) is 0 Å². The molecule has 0 unspecified atom stereocenters. The fourth-order valence-electron chi connectivity index (χ4n) is 2.14. The molecule has 2 rings (SSSR count). The van der Waals surface area contributed by atoms with Crippen LogP contribution in [0.3, 0.4) is 0 Å². The number of benzene rings is 1. The number of aliphatic imine (C=N–C) groups is 1. The van der Waals surface area contributed by atoms with Gasteiger partial charge in [0.1, 0.15) is 11.6 Å². The van der Waals surface area contributed by atoms with Gasteiger partial charge in [-0.2, -0.15) is 0 Å². The summed E-state index contributed by atoms with van der Waals surface area (Å²) < 4.78 is 18.8. The zero-order valence-electron chi connectivity index (χ0n) is 13.8. The summed E-state index contributed by atoms with van der Waals surface area (Å²) in [6.45, 7) is 4.81. The first-order valence-electron chi connectivity index (χ1n) is 7.08. The molecular weight excluding hydrogens is 410 g/mol. The molecule has 0 saturated heterocycles. The van der Waals surface area contributed by atoms with E-state index >= 15 is 0 Å². The summed E-state index contributed by atoms with van der Waals surface area (Å²) in [5.41, 5.74) is 1.77. The second-order valence-corrected chi connectivity index (χ2v) is 5.14. The van der Waals surface area contributed by atoms with E-state index in [1.807, 2.05) is 31.9 Å². The molecule has 23 heavy (non-hydrogen) atoms. The lowest BCUT2D eigenvalue weighted by atomic mass is 10.2. The smallest absolute Gasteiger partial charge is 0.214 e. The second kappa shape index (κ2) is 8.85. The molecule has 0 aliphatic heterocycles. The number of aromatic nitrogens is 1. The number of nitrogens with zero attached hydrogens (tertiary/aromatic N) is 3. The fourth-order valence-corrected chi connectivity index (χ4v) is 2.14. The molecule has 0 radical (unpaired) electrons. The molecule has 0 atom stereocenters. The van der Waals surface area contributed by atoms with E-state index in [0.717, 1.165) is 17.0 Å². The molecule has 0 amide bonds. The monoisotopic (exact) mass is 432 g/mol. The topological polar surface area (TPSA) is 53.7 Å². The molecule has 5 nitrogen and oxygen atoms in total. The highest BCUT2D eigenvalue weighted by molar-refractivity contribution is 14.0. The van der Waals surface area contributed by atoms with Gasteiger partial charge < -0.3 is 14.6 Å². The maximum Gasteiger partial charge on any atom is 0.214 e. The van der Waals surface area contributed by atoms with Crippen molar-refractivity contribution >= 4 is 29.9 Å². The lowest BCUT2D eigenvalue weighted by molar-refractivity contribution is 0.442. The SMILES string of the molecule is CN=C(NCc1nc(C)c(C)o1)N(C)Cc1cccc(F)c1.I. The Kier molecular flexibility index (Phi) is 7.47. The number of hydrogen-bond acceptors (Lipinski definition) is 3. The van der Waals surface area contributed by atoms with E-state index in [2.05, 4.69) is 15.3 Å². The standard InChI is InChI=1S/C16H21FN4O.HI/c1-11-12(2)22-15(20-11)9-19-16(18-3)21(4)10-13-6-5-7-14(17)8-13;/h5-8H,9-10H2,1-4H3,(H,18,19);1H. The minimum Gasteiger partial charge on any atom is -0.444 e. The lowest BCUT2D eigenvalue weighted by Gasteiger charge is -2.21. The Morgan fingerprint density at radius 2 is 2.13 bits per heavy atom. The minimum atomic E-state index is -0.236. The third-order valence-corrected chi connectivity index (χ3v) is 3.35. The van der Waals surface area contributed by atoms with Gasteiger partial charge in [0.25, 0.3) is 0 Å². The Morgan fingerprint density at radius 1 is 1.39 bits per heavy atom. The zero-order valence-corrected chi connectivity index (χ0v) is 16.1. The van der Waals surface area contributed by atoms with E-state index < -0.39 is 0 Å². The van der Waals surface area contributed by atoms with Crippen LogP contribution < -0.4 is 5.32 Å². The van der Waals surface area contributed by atoms with Crippen molar-refractivity contribution in [2.45, 2.75) is 26.9 Å². The molecule has 2 aromatic rings. The fraction of sp³-hybridized carbons (Fsp3) is 0.375. The van der Waals surface area contributed by atoms with Gasteiger partial charge in [-0.3, -0.25) is 4.99 Å². The average molecular weight is 432 g/mol. The summed E-state index contributed by atoms with van der Waals surface area (Å²) in [5, 5.41) is 3.19. The number of rotatable bonds is 4. The molecule has 0 aliphatic rings. The molecule has 1 heterocycles. The number of guanidine groups is 1. The first-order chi connectivity index (χ1) is 10.5. The van der Waals surface area contributed by atoms with Crippen LogP contribution >= 0.6 is 24.0 Å². The summed E-state index contributed by atoms with van der Waals surface area (Å²) >= 11 is 0. The van der Waals surface area contributed by atoms with Crippen LogP contribution in [0.15, 0.2) is 33.7 Å². The third-order valence-electron chi connectivity index (χ3n) is 3.35. The Hall–Kier alpha value is -1.64. The molecule has 7 heteroatoms. The van der Waals surface area contributed by atoms with Crippen LogP contribution in [0, 0.1) is 19.7 Å². The van der Waals surface area contributed by atoms with Gasteiger partial charge in [-0.05, 0) is 31.5 Å². The van der Waals surface area contributed by atoms with Crippen molar-refractivity contribution in [1.29, 1.82) is 0 Å². The number of hydrogen-bond donors (Lipinski definition) is 1.